The number of rotatable bonds is 9. The number of carbonyl (C=O) groups excluding carboxylic acids is 3. The molecule has 1 aromatic rings. The molecule has 134 valence electrons. The average Bonchev–Trinajstić information content (AvgIpc) is 2.89. The molecule has 1 aliphatic heterocycles. The molecule has 25 heavy (non-hydrogen) atoms. The number of amides is 3. The maximum Gasteiger partial charge on any atom is 0.253 e. The van der Waals surface area contributed by atoms with Crippen LogP contribution in [-0.2, 0) is 14.4 Å². The molecule has 0 aromatic heterocycles. The van der Waals surface area contributed by atoms with E-state index in [2.05, 4.69) is 5.32 Å². The van der Waals surface area contributed by atoms with Crippen molar-refractivity contribution in [3.63, 3.8) is 0 Å². The first kappa shape index (κ1) is 18.3. The average molecular weight is 346 g/mol. The van der Waals surface area contributed by atoms with Gasteiger partial charge in [-0.2, -0.15) is 0 Å². The third-order valence-corrected chi connectivity index (χ3v) is 3.68. The summed E-state index contributed by atoms with van der Waals surface area (Å²) in [5, 5.41) is 2.69. The van der Waals surface area contributed by atoms with E-state index in [1.807, 2.05) is 0 Å². The van der Waals surface area contributed by atoms with Gasteiger partial charge in [-0.1, -0.05) is 0 Å². The van der Waals surface area contributed by atoms with Crippen molar-refractivity contribution in [2.45, 2.75) is 19.3 Å². The molecule has 0 saturated carbocycles. The molecule has 0 bridgehead atoms. The van der Waals surface area contributed by atoms with Crippen molar-refractivity contribution in [1.29, 1.82) is 0 Å². The van der Waals surface area contributed by atoms with Crippen molar-refractivity contribution in [2.24, 2.45) is 0 Å². The minimum absolute atomic E-state index is 0.121. The summed E-state index contributed by atoms with van der Waals surface area (Å²) >= 11 is 0. The second kappa shape index (κ2) is 8.72. The number of unbranched alkanes of at least 4 members (excludes halogenated alkanes) is 1. The molecule has 3 amide bonds. The van der Waals surface area contributed by atoms with Gasteiger partial charge in [0.15, 0.2) is 0 Å². The molecule has 0 radical (unpaired) electrons. The molecule has 2 rings (SSSR count). The highest BCUT2D eigenvalue weighted by atomic mass is 16.5. The second-order valence-corrected chi connectivity index (χ2v) is 5.61. The van der Waals surface area contributed by atoms with Gasteiger partial charge in [-0.15, -0.1) is 0 Å². The van der Waals surface area contributed by atoms with Gasteiger partial charge < -0.3 is 21.5 Å². The highest BCUT2D eigenvalue weighted by Crippen LogP contribution is 2.21. The molecular weight excluding hydrogens is 324 g/mol. The van der Waals surface area contributed by atoms with Crippen LogP contribution in [0.4, 0.5) is 11.4 Å². The zero-order valence-electron chi connectivity index (χ0n) is 13.9. The fraction of sp³-hybridized carbons (Fsp3) is 0.353. The summed E-state index contributed by atoms with van der Waals surface area (Å²) < 4.78 is 5.54. The summed E-state index contributed by atoms with van der Waals surface area (Å²) in [6.45, 7) is 0.899. The molecule has 5 N–H and O–H groups in total. The predicted octanol–water partition coefficient (Wildman–Crippen LogP) is 0.441. The number of hydrogen-bond acceptors (Lipinski definition) is 6. The van der Waals surface area contributed by atoms with Gasteiger partial charge in [-0.3, -0.25) is 19.3 Å². The lowest BCUT2D eigenvalue weighted by atomic mass is 10.2. The highest BCUT2D eigenvalue weighted by Gasteiger charge is 2.22. The summed E-state index contributed by atoms with van der Waals surface area (Å²) in [5.41, 5.74) is 12.3. The van der Waals surface area contributed by atoms with E-state index < -0.39 is 0 Å². The van der Waals surface area contributed by atoms with Crippen molar-refractivity contribution in [2.75, 3.05) is 31.2 Å². The van der Waals surface area contributed by atoms with Crippen LogP contribution in [0.15, 0.2) is 30.4 Å². The Labute approximate surface area is 145 Å². The monoisotopic (exact) mass is 346 g/mol. The Hall–Kier alpha value is -3.03. The maximum absolute atomic E-state index is 11.7. The second-order valence-electron chi connectivity index (χ2n) is 5.61. The summed E-state index contributed by atoms with van der Waals surface area (Å²) in [4.78, 5) is 35.5. The zero-order chi connectivity index (χ0) is 18.2. The van der Waals surface area contributed by atoms with Crippen molar-refractivity contribution in [3.05, 3.63) is 30.4 Å². The summed E-state index contributed by atoms with van der Waals surface area (Å²) in [7, 11) is 0. The lowest BCUT2D eigenvalue weighted by molar-refractivity contribution is -0.137. The number of imide groups is 1. The van der Waals surface area contributed by atoms with Crippen molar-refractivity contribution in [3.8, 4) is 5.75 Å². The number of nitrogens with zero attached hydrogens (tertiary/aromatic N) is 1. The highest BCUT2D eigenvalue weighted by molar-refractivity contribution is 6.12. The number of nitrogens with two attached hydrogens (primary N) is 2. The van der Waals surface area contributed by atoms with Crippen LogP contribution >= 0.6 is 0 Å². The smallest absolute Gasteiger partial charge is 0.253 e. The topological polar surface area (TPSA) is 128 Å². The summed E-state index contributed by atoms with van der Waals surface area (Å²) in [6.07, 6.45) is 4.18. The van der Waals surface area contributed by atoms with E-state index in [0.717, 1.165) is 4.90 Å². The molecule has 0 atom stereocenters. The first-order valence-electron chi connectivity index (χ1n) is 8.05. The molecule has 1 aliphatic rings. The first-order chi connectivity index (χ1) is 12.0. The van der Waals surface area contributed by atoms with Crippen LogP contribution in [-0.4, -0.2) is 42.3 Å². The Morgan fingerprint density at radius 3 is 2.48 bits per heavy atom. The number of benzene rings is 1. The van der Waals surface area contributed by atoms with E-state index in [9.17, 15) is 14.4 Å². The molecule has 1 aromatic carbocycles. The zero-order valence-corrected chi connectivity index (χ0v) is 13.9. The van der Waals surface area contributed by atoms with Gasteiger partial charge in [0.05, 0.1) is 18.0 Å². The van der Waals surface area contributed by atoms with Crippen LogP contribution in [0.5, 0.6) is 5.75 Å². The van der Waals surface area contributed by atoms with E-state index in [-0.39, 0.29) is 30.8 Å². The quantitative estimate of drug-likeness (QED) is 0.338. The van der Waals surface area contributed by atoms with E-state index >= 15 is 0 Å². The number of nitrogen functional groups attached to an aromatic ring is 2. The van der Waals surface area contributed by atoms with E-state index in [0.29, 0.717) is 43.0 Å². The number of carbonyl (C=O) groups is 3. The minimum Gasteiger partial charge on any atom is -0.494 e. The fourth-order valence-corrected chi connectivity index (χ4v) is 2.27. The SMILES string of the molecule is Nc1ccc(OCCCCC(=O)NCCN2C(=O)C=CC2=O)cc1N. The molecule has 8 heteroatoms. The number of nitrogens with one attached hydrogen (secondary N) is 1. The van der Waals surface area contributed by atoms with Crippen molar-refractivity contribution < 1.29 is 19.1 Å². The van der Waals surface area contributed by atoms with E-state index in [1.54, 1.807) is 18.2 Å². The van der Waals surface area contributed by atoms with Crippen LogP contribution in [0.2, 0.25) is 0 Å². The van der Waals surface area contributed by atoms with Gasteiger partial charge >= 0.3 is 0 Å². The largest absolute Gasteiger partial charge is 0.494 e. The normalized spacial score (nSPS) is 13.4. The van der Waals surface area contributed by atoms with Crippen LogP contribution in [0, 0.1) is 0 Å². The number of ether oxygens (including phenoxy) is 1. The Bertz CT molecular complexity index is 669. The Kier molecular flexibility index (Phi) is 6.39. The van der Waals surface area contributed by atoms with E-state index in [4.69, 9.17) is 16.2 Å². The Morgan fingerprint density at radius 1 is 1.08 bits per heavy atom. The molecule has 1 heterocycles. The summed E-state index contributed by atoms with van der Waals surface area (Å²) in [6, 6.07) is 5.09. The van der Waals surface area contributed by atoms with Crippen molar-refractivity contribution >= 4 is 29.1 Å². The molecule has 8 nitrogen and oxygen atoms in total. The maximum atomic E-state index is 11.7. The molecule has 0 spiro atoms. The van der Waals surface area contributed by atoms with Crippen molar-refractivity contribution in [1.82, 2.24) is 10.2 Å². The third-order valence-electron chi connectivity index (χ3n) is 3.68. The van der Waals surface area contributed by atoms with Crippen LogP contribution in [0.25, 0.3) is 0 Å². The molecular formula is C17H22N4O4. The lowest BCUT2D eigenvalue weighted by Crippen LogP contribution is -2.38. The van der Waals surface area contributed by atoms with Gasteiger partial charge in [-0.25, -0.2) is 0 Å². The van der Waals surface area contributed by atoms with E-state index in [1.165, 1.54) is 12.2 Å². The fourth-order valence-electron chi connectivity index (χ4n) is 2.27. The molecule has 0 unspecified atom stereocenters. The Balaban J connectivity index is 1.54. The minimum atomic E-state index is -0.347. The lowest BCUT2D eigenvalue weighted by Gasteiger charge is -2.14. The van der Waals surface area contributed by atoms with Gasteiger partial charge in [0.25, 0.3) is 11.8 Å². The van der Waals surface area contributed by atoms with Gasteiger partial charge in [0, 0.05) is 37.7 Å². The van der Waals surface area contributed by atoms with Gasteiger partial charge in [0.1, 0.15) is 5.75 Å². The van der Waals surface area contributed by atoms with Crippen LogP contribution in [0.1, 0.15) is 19.3 Å². The third kappa shape index (κ3) is 5.52. The van der Waals surface area contributed by atoms with Gasteiger partial charge in [-0.05, 0) is 25.0 Å². The number of hydrogen-bond donors (Lipinski definition) is 3. The number of anilines is 2. The predicted molar refractivity (Wildman–Crippen MR) is 93.5 cm³/mol. The van der Waals surface area contributed by atoms with Crippen LogP contribution in [0.3, 0.4) is 0 Å². The Morgan fingerprint density at radius 2 is 1.80 bits per heavy atom. The molecule has 0 saturated heterocycles. The summed E-state index contributed by atoms with van der Waals surface area (Å²) in [5.74, 6) is -0.173. The molecule has 0 aliphatic carbocycles. The first-order valence-corrected chi connectivity index (χ1v) is 8.05. The van der Waals surface area contributed by atoms with Gasteiger partial charge in [0.2, 0.25) is 5.91 Å². The standard InChI is InChI=1S/C17H22N4O4/c18-13-5-4-12(11-14(13)19)25-10-2-1-3-15(22)20-8-9-21-16(23)6-7-17(21)24/h4-7,11H,1-3,8-10,18-19H2,(H,20,22). The molecule has 0 fully saturated rings. The van der Waals surface area contributed by atoms with Crippen LogP contribution < -0.4 is 21.5 Å².